The van der Waals surface area contributed by atoms with Crippen LogP contribution < -0.4 is 0 Å². The van der Waals surface area contributed by atoms with Gasteiger partial charge in [0.2, 0.25) is 5.89 Å². The lowest BCUT2D eigenvalue weighted by Gasteiger charge is -2.08. The standard InChI is InChI=1S/C25H14ClNO/c26-19-11-12-20-18(14-19)9-8-15-6-7-16-10-13-21-24(23(16)22(15)20)28-25(27-21)17-4-2-1-3-5-17/h1-14H. The van der Waals surface area contributed by atoms with Crippen LogP contribution in [0.3, 0.4) is 0 Å². The summed E-state index contributed by atoms with van der Waals surface area (Å²) in [4.78, 5) is 4.75. The quantitative estimate of drug-likeness (QED) is 0.275. The highest BCUT2D eigenvalue weighted by atomic mass is 35.5. The average molecular weight is 380 g/mol. The molecule has 0 aliphatic carbocycles. The molecule has 3 heteroatoms. The van der Waals surface area contributed by atoms with Crippen molar-refractivity contribution in [2.24, 2.45) is 0 Å². The highest BCUT2D eigenvalue weighted by Gasteiger charge is 2.14. The van der Waals surface area contributed by atoms with E-state index in [2.05, 4.69) is 36.4 Å². The smallest absolute Gasteiger partial charge is 0.227 e. The number of fused-ring (bicyclic) bond motifs is 7. The first-order valence-electron chi connectivity index (χ1n) is 9.18. The van der Waals surface area contributed by atoms with Gasteiger partial charge >= 0.3 is 0 Å². The molecule has 0 atom stereocenters. The first-order valence-corrected chi connectivity index (χ1v) is 9.55. The van der Waals surface area contributed by atoms with Crippen LogP contribution in [0.2, 0.25) is 5.02 Å². The van der Waals surface area contributed by atoms with E-state index in [9.17, 15) is 0 Å². The molecule has 0 bridgehead atoms. The van der Waals surface area contributed by atoms with E-state index < -0.39 is 0 Å². The summed E-state index contributed by atoms with van der Waals surface area (Å²) < 4.78 is 6.31. The predicted octanol–water partition coefficient (Wildman–Crippen LogP) is 7.61. The topological polar surface area (TPSA) is 26.0 Å². The van der Waals surface area contributed by atoms with E-state index in [1.807, 2.05) is 48.5 Å². The molecular formula is C25H14ClNO. The Morgan fingerprint density at radius 1 is 0.679 bits per heavy atom. The zero-order valence-electron chi connectivity index (χ0n) is 14.8. The van der Waals surface area contributed by atoms with Crippen molar-refractivity contribution in [2.45, 2.75) is 0 Å². The van der Waals surface area contributed by atoms with E-state index in [4.69, 9.17) is 21.0 Å². The number of nitrogens with zero attached hydrogens (tertiary/aromatic N) is 1. The van der Waals surface area contributed by atoms with Crippen molar-refractivity contribution in [3.05, 3.63) is 90.0 Å². The van der Waals surface area contributed by atoms with E-state index in [1.165, 1.54) is 10.8 Å². The molecule has 0 N–H and O–H groups in total. The van der Waals surface area contributed by atoms with Gasteiger partial charge in [0.05, 0.1) is 0 Å². The molecule has 2 nitrogen and oxygen atoms in total. The minimum Gasteiger partial charge on any atom is -0.435 e. The van der Waals surface area contributed by atoms with Crippen LogP contribution in [-0.2, 0) is 0 Å². The summed E-state index contributed by atoms with van der Waals surface area (Å²) in [6, 6.07) is 28.8. The zero-order valence-corrected chi connectivity index (χ0v) is 15.6. The van der Waals surface area contributed by atoms with Gasteiger partial charge in [-0.3, -0.25) is 0 Å². The lowest BCUT2D eigenvalue weighted by molar-refractivity contribution is 0.623. The number of oxazole rings is 1. The van der Waals surface area contributed by atoms with Gasteiger partial charge in [-0.1, -0.05) is 66.2 Å². The molecule has 0 saturated carbocycles. The highest BCUT2D eigenvalue weighted by Crippen LogP contribution is 2.38. The van der Waals surface area contributed by atoms with Gasteiger partial charge in [-0.05, 0) is 51.9 Å². The Morgan fingerprint density at radius 2 is 1.39 bits per heavy atom. The van der Waals surface area contributed by atoms with Crippen LogP contribution in [0.25, 0.3) is 54.9 Å². The Balaban J connectivity index is 1.80. The molecule has 1 aromatic heterocycles. The summed E-state index contributed by atoms with van der Waals surface area (Å²) in [6.07, 6.45) is 0. The van der Waals surface area contributed by atoms with Gasteiger partial charge in [-0.15, -0.1) is 0 Å². The third-order valence-electron chi connectivity index (χ3n) is 5.32. The van der Waals surface area contributed by atoms with Crippen molar-refractivity contribution in [1.82, 2.24) is 4.98 Å². The normalized spacial score (nSPS) is 11.8. The van der Waals surface area contributed by atoms with Gasteiger partial charge in [0.25, 0.3) is 0 Å². The molecule has 1 heterocycles. The van der Waals surface area contributed by atoms with Crippen molar-refractivity contribution in [3.8, 4) is 11.5 Å². The van der Waals surface area contributed by atoms with Crippen molar-refractivity contribution >= 4 is 55.0 Å². The molecule has 28 heavy (non-hydrogen) atoms. The molecule has 0 aliphatic rings. The Hall–Kier alpha value is -3.36. The summed E-state index contributed by atoms with van der Waals surface area (Å²) >= 11 is 6.23. The fraction of sp³-hybridized carbons (Fsp3) is 0. The number of rotatable bonds is 1. The second kappa shape index (κ2) is 5.82. The molecule has 0 unspecified atom stereocenters. The van der Waals surface area contributed by atoms with E-state index in [0.717, 1.165) is 43.2 Å². The summed E-state index contributed by atoms with van der Waals surface area (Å²) in [5.41, 5.74) is 2.66. The molecule has 0 radical (unpaired) electrons. The van der Waals surface area contributed by atoms with Gasteiger partial charge < -0.3 is 4.42 Å². The summed E-state index contributed by atoms with van der Waals surface area (Å²) in [6.45, 7) is 0. The van der Waals surface area contributed by atoms with Crippen LogP contribution in [0.4, 0.5) is 0 Å². The van der Waals surface area contributed by atoms with E-state index in [1.54, 1.807) is 0 Å². The van der Waals surface area contributed by atoms with Gasteiger partial charge in [-0.2, -0.15) is 0 Å². The number of hydrogen-bond acceptors (Lipinski definition) is 2. The van der Waals surface area contributed by atoms with Crippen LogP contribution in [0.1, 0.15) is 0 Å². The van der Waals surface area contributed by atoms with E-state index in [-0.39, 0.29) is 0 Å². The van der Waals surface area contributed by atoms with Crippen molar-refractivity contribution in [2.75, 3.05) is 0 Å². The third-order valence-corrected chi connectivity index (χ3v) is 5.55. The second-order valence-corrected chi connectivity index (χ2v) is 7.43. The Bertz CT molecular complexity index is 1520. The molecule has 0 saturated heterocycles. The molecule has 5 aromatic carbocycles. The van der Waals surface area contributed by atoms with Crippen LogP contribution >= 0.6 is 11.6 Å². The lowest BCUT2D eigenvalue weighted by atomic mass is 9.96. The molecule has 0 amide bonds. The Kier molecular flexibility index (Phi) is 3.26. The largest absolute Gasteiger partial charge is 0.435 e. The first kappa shape index (κ1) is 15.7. The predicted molar refractivity (Wildman–Crippen MR) is 117 cm³/mol. The summed E-state index contributed by atoms with van der Waals surface area (Å²) in [5.74, 6) is 0.642. The monoisotopic (exact) mass is 379 g/mol. The fourth-order valence-electron chi connectivity index (χ4n) is 4.02. The van der Waals surface area contributed by atoms with Gasteiger partial charge in [-0.25, -0.2) is 4.98 Å². The van der Waals surface area contributed by atoms with Gasteiger partial charge in [0, 0.05) is 21.4 Å². The van der Waals surface area contributed by atoms with Gasteiger partial charge in [0.1, 0.15) is 5.52 Å². The lowest BCUT2D eigenvalue weighted by Crippen LogP contribution is -1.82. The number of benzene rings is 5. The number of halogens is 1. The van der Waals surface area contributed by atoms with Crippen molar-refractivity contribution < 1.29 is 4.42 Å². The van der Waals surface area contributed by atoms with Crippen LogP contribution in [-0.4, -0.2) is 4.98 Å². The van der Waals surface area contributed by atoms with Gasteiger partial charge in [0.15, 0.2) is 5.58 Å². The fourth-order valence-corrected chi connectivity index (χ4v) is 4.20. The molecule has 6 rings (SSSR count). The SMILES string of the molecule is Clc1ccc2c(ccc3ccc4ccc5nc(-c6ccccc6)oc5c4c32)c1. The molecule has 6 aromatic rings. The summed E-state index contributed by atoms with van der Waals surface area (Å²) in [5, 5.41) is 7.60. The molecule has 0 spiro atoms. The molecule has 132 valence electrons. The van der Waals surface area contributed by atoms with Crippen molar-refractivity contribution in [1.29, 1.82) is 0 Å². The van der Waals surface area contributed by atoms with Crippen molar-refractivity contribution in [3.63, 3.8) is 0 Å². The zero-order chi connectivity index (χ0) is 18.7. The number of aromatic nitrogens is 1. The second-order valence-electron chi connectivity index (χ2n) is 6.99. The number of hydrogen-bond donors (Lipinski definition) is 0. The Morgan fingerprint density at radius 3 is 2.21 bits per heavy atom. The average Bonchev–Trinajstić information content (AvgIpc) is 3.18. The maximum Gasteiger partial charge on any atom is 0.227 e. The minimum atomic E-state index is 0.642. The third kappa shape index (κ3) is 2.25. The van der Waals surface area contributed by atoms with Crippen LogP contribution in [0.5, 0.6) is 0 Å². The molecular weight excluding hydrogens is 366 g/mol. The summed E-state index contributed by atoms with van der Waals surface area (Å²) in [7, 11) is 0. The van der Waals surface area contributed by atoms with E-state index >= 15 is 0 Å². The van der Waals surface area contributed by atoms with Crippen LogP contribution in [0, 0.1) is 0 Å². The van der Waals surface area contributed by atoms with Crippen LogP contribution in [0.15, 0.2) is 89.3 Å². The maximum atomic E-state index is 6.31. The molecule has 0 fully saturated rings. The Labute approximate surface area is 166 Å². The maximum absolute atomic E-state index is 6.31. The first-order chi connectivity index (χ1) is 13.8. The highest BCUT2D eigenvalue weighted by molar-refractivity contribution is 6.32. The minimum absolute atomic E-state index is 0.642. The molecule has 0 aliphatic heterocycles. The van der Waals surface area contributed by atoms with E-state index in [0.29, 0.717) is 5.89 Å².